The fourth-order valence-corrected chi connectivity index (χ4v) is 5.24. The van der Waals surface area contributed by atoms with E-state index in [-0.39, 0.29) is 30.2 Å². The predicted molar refractivity (Wildman–Crippen MR) is 73.5 cm³/mol. The summed E-state index contributed by atoms with van der Waals surface area (Å²) < 4.78 is 49.1. The average molecular weight is 325 g/mol. The van der Waals surface area contributed by atoms with Gasteiger partial charge in [0.1, 0.15) is 15.7 Å². The van der Waals surface area contributed by atoms with Crippen LogP contribution in [0.2, 0.25) is 5.02 Å². The average Bonchev–Trinajstić information content (AvgIpc) is 2.27. The van der Waals surface area contributed by atoms with Gasteiger partial charge in [-0.15, -0.1) is 0 Å². The van der Waals surface area contributed by atoms with E-state index in [4.69, 9.17) is 11.6 Å². The zero-order valence-corrected chi connectivity index (χ0v) is 12.3. The van der Waals surface area contributed by atoms with E-state index in [2.05, 4.69) is 9.71 Å². The molecule has 0 amide bonds. The van der Waals surface area contributed by atoms with Gasteiger partial charge in [0.05, 0.1) is 16.8 Å². The fraction of sp³-hybridized carbons (Fsp3) is 0.500. The lowest BCUT2D eigenvalue weighted by Gasteiger charge is -2.22. The van der Waals surface area contributed by atoms with Crippen LogP contribution in [0.1, 0.15) is 12.8 Å². The topological polar surface area (TPSA) is 93.2 Å². The third kappa shape index (κ3) is 3.80. The summed E-state index contributed by atoms with van der Waals surface area (Å²) in [5.74, 6) is -0.0516. The summed E-state index contributed by atoms with van der Waals surface area (Å²) >= 11 is 5.74. The molecule has 2 heterocycles. The standard InChI is InChI=1S/C10H13ClN2O4S2/c11-8-1-4-12-10(7-8)13-19(16,17)9-2-5-18(14,15)6-3-9/h1,4,7,9H,2-3,5-6H2,(H,12,13). The number of nitrogens with one attached hydrogen (secondary N) is 1. The zero-order chi connectivity index (χ0) is 14.1. The lowest BCUT2D eigenvalue weighted by molar-refractivity contribution is 0.555. The molecule has 106 valence electrons. The highest BCUT2D eigenvalue weighted by Gasteiger charge is 2.32. The van der Waals surface area contributed by atoms with Crippen LogP contribution in [0.3, 0.4) is 0 Å². The first-order valence-electron chi connectivity index (χ1n) is 5.62. The molecule has 1 N–H and O–H groups in total. The molecule has 0 unspecified atom stereocenters. The Kier molecular flexibility index (Phi) is 4.03. The van der Waals surface area contributed by atoms with E-state index in [9.17, 15) is 16.8 Å². The molecule has 0 bridgehead atoms. The van der Waals surface area contributed by atoms with Crippen molar-refractivity contribution in [1.29, 1.82) is 0 Å². The first kappa shape index (κ1) is 14.5. The molecule has 19 heavy (non-hydrogen) atoms. The maximum absolute atomic E-state index is 12.1. The molecule has 0 spiro atoms. The number of anilines is 1. The number of hydrogen-bond donors (Lipinski definition) is 1. The Morgan fingerprint density at radius 1 is 1.32 bits per heavy atom. The molecule has 0 aliphatic carbocycles. The summed E-state index contributed by atoms with van der Waals surface area (Å²) in [6, 6.07) is 2.94. The van der Waals surface area contributed by atoms with Crippen LogP contribution in [0.4, 0.5) is 5.82 Å². The second-order valence-electron chi connectivity index (χ2n) is 4.36. The van der Waals surface area contributed by atoms with Crippen LogP contribution in [0.25, 0.3) is 0 Å². The first-order valence-corrected chi connectivity index (χ1v) is 9.37. The van der Waals surface area contributed by atoms with Crippen molar-refractivity contribution in [3.05, 3.63) is 23.4 Å². The third-order valence-corrected chi connectivity index (χ3v) is 6.70. The summed E-state index contributed by atoms with van der Waals surface area (Å²) in [7, 11) is -6.72. The Hall–Kier alpha value is -0.860. The fourth-order valence-electron chi connectivity index (χ4n) is 1.87. The van der Waals surface area contributed by atoms with E-state index < -0.39 is 25.1 Å². The Balaban J connectivity index is 2.11. The van der Waals surface area contributed by atoms with Gasteiger partial charge in [-0.2, -0.15) is 0 Å². The maximum atomic E-state index is 12.1. The van der Waals surface area contributed by atoms with E-state index in [1.165, 1.54) is 18.3 Å². The monoisotopic (exact) mass is 324 g/mol. The molecular weight excluding hydrogens is 312 g/mol. The van der Waals surface area contributed by atoms with Crippen LogP contribution >= 0.6 is 11.6 Å². The van der Waals surface area contributed by atoms with Gasteiger partial charge in [0.25, 0.3) is 0 Å². The van der Waals surface area contributed by atoms with Gasteiger partial charge in [-0.25, -0.2) is 21.8 Å². The molecule has 2 rings (SSSR count). The summed E-state index contributed by atoms with van der Waals surface area (Å²) in [6.45, 7) is 0. The van der Waals surface area contributed by atoms with Crippen molar-refractivity contribution in [2.24, 2.45) is 0 Å². The van der Waals surface area contributed by atoms with Crippen molar-refractivity contribution in [3.8, 4) is 0 Å². The molecule has 1 aliphatic heterocycles. The minimum Gasteiger partial charge on any atom is -0.267 e. The zero-order valence-electron chi connectivity index (χ0n) is 9.91. The van der Waals surface area contributed by atoms with Gasteiger partial charge >= 0.3 is 0 Å². The second kappa shape index (κ2) is 5.26. The van der Waals surface area contributed by atoms with Crippen molar-refractivity contribution in [1.82, 2.24) is 4.98 Å². The Morgan fingerprint density at radius 3 is 2.53 bits per heavy atom. The largest absolute Gasteiger partial charge is 0.267 e. The number of nitrogens with zero attached hydrogens (tertiary/aromatic N) is 1. The molecule has 0 atom stereocenters. The minimum absolute atomic E-state index is 0.0957. The molecule has 0 aromatic carbocycles. The Bertz CT molecular complexity index is 659. The van der Waals surface area contributed by atoms with Crippen molar-refractivity contribution in [2.75, 3.05) is 16.2 Å². The minimum atomic E-state index is -3.64. The van der Waals surface area contributed by atoms with Crippen LogP contribution in [0.5, 0.6) is 0 Å². The number of rotatable bonds is 3. The molecule has 1 aromatic heterocycles. The summed E-state index contributed by atoms with van der Waals surface area (Å²) in [4.78, 5) is 3.86. The van der Waals surface area contributed by atoms with Gasteiger partial charge in [-0.1, -0.05) is 11.6 Å². The van der Waals surface area contributed by atoms with Crippen LogP contribution in [0, 0.1) is 0 Å². The highest BCUT2D eigenvalue weighted by atomic mass is 35.5. The Labute approximate surface area is 117 Å². The van der Waals surface area contributed by atoms with E-state index in [1.54, 1.807) is 0 Å². The number of hydrogen-bond acceptors (Lipinski definition) is 5. The van der Waals surface area contributed by atoms with Gasteiger partial charge in [-0.05, 0) is 18.9 Å². The van der Waals surface area contributed by atoms with E-state index >= 15 is 0 Å². The highest BCUT2D eigenvalue weighted by Crippen LogP contribution is 2.22. The molecule has 9 heteroatoms. The van der Waals surface area contributed by atoms with Crippen LogP contribution < -0.4 is 4.72 Å². The molecule has 1 aliphatic rings. The summed E-state index contributed by atoms with van der Waals surface area (Å²) in [5.41, 5.74) is 0. The van der Waals surface area contributed by atoms with Gasteiger partial charge in [0.2, 0.25) is 10.0 Å². The van der Waals surface area contributed by atoms with Crippen molar-refractivity contribution in [2.45, 2.75) is 18.1 Å². The molecule has 6 nitrogen and oxygen atoms in total. The first-order chi connectivity index (χ1) is 8.78. The smallest absolute Gasteiger partial charge is 0.236 e. The molecule has 0 saturated carbocycles. The summed E-state index contributed by atoms with van der Waals surface area (Å²) in [5, 5.41) is -0.337. The van der Waals surface area contributed by atoms with Gasteiger partial charge in [0, 0.05) is 17.3 Å². The molecule has 1 aromatic rings. The number of pyridine rings is 1. The summed E-state index contributed by atoms with van der Waals surface area (Å²) in [6.07, 6.45) is 1.61. The predicted octanol–water partition coefficient (Wildman–Crippen LogP) is 1.05. The highest BCUT2D eigenvalue weighted by molar-refractivity contribution is 7.94. The Morgan fingerprint density at radius 2 is 1.95 bits per heavy atom. The molecule has 0 radical (unpaired) electrons. The molecule has 1 fully saturated rings. The lowest BCUT2D eigenvalue weighted by Crippen LogP contribution is -2.36. The number of aromatic nitrogens is 1. The number of sulfonamides is 1. The van der Waals surface area contributed by atoms with Crippen molar-refractivity contribution >= 4 is 37.3 Å². The van der Waals surface area contributed by atoms with Crippen LogP contribution in [0.15, 0.2) is 18.3 Å². The number of halogens is 1. The SMILES string of the molecule is O=S1(=O)CCC(S(=O)(=O)Nc2cc(Cl)ccn2)CC1. The third-order valence-electron chi connectivity index (χ3n) is 2.91. The quantitative estimate of drug-likeness (QED) is 0.897. The van der Waals surface area contributed by atoms with E-state index in [0.717, 1.165) is 0 Å². The van der Waals surface area contributed by atoms with Gasteiger partial charge in [-0.3, -0.25) is 4.72 Å². The second-order valence-corrected chi connectivity index (χ2v) is 9.06. The molecular formula is C10H13ClN2O4S2. The normalized spacial score (nSPS) is 20.1. The molecule has 1 saturated heterocycles. The van der Waals surface area contributed by atoms with E-state index in [1.807, 2.05) is 0 Å². The van der Waals surface area contributed by atoms with E-state index in [0.29, 0.717) is 5.02 Å². The van der Waals surface area contributed by atoms with Crippen LogP contribution in [-0.2, 0) is 19.9 Å². The van der Waals surface area contributed by atoms with Crippen molar-refractivity contribution in [3.63, 3.8) is 0 Å². The number of sulfone groups is 1. The van der Waals surface area contributed by atoms with Crippen molar-refractivity contribution < 1.29 is 16.8 Å². The lowest BCUT2D eigenvalue weighted by atomic mass is 10.2. The maximum Gasteiger partial charge on any atom is 0.236 e. The van der Waals surface area contributed by atoms with Crippen LogP contribution in [-0.4, -0.2) is 38.6 Å². The van der Waals surface area contributed by atoms with Gasteiger partial charge < -0.3 is 0 Å². The van der Waals surface area contributed by atoms with Gasteiger partial charge in [0.15, 0.2) is 0 Å².